The number of fused-ring (bicyclic) bond motifs is 6. The second-order valence-electron chi connectivity index (χ2n) is 11.6. The molecule has 2 saturated heterocycles. The van der Waals surface area contributed by atoms with Gasteiger partial charge < -0.3 is 14.6 Å². The third-order valence-corrected chi connectivity index (χ3v) is 10.1. The van der Waals surface area contributed by atoms with Crippen molar-refractivity contribution in [3.05, 3.63) is 23.3 Å². The predicted molar refractivity (Wildman–Crippen MR) is 113 cm³/mol. The third kappa shape index (κ3) is 2.59. The van der Waals surface area contributed by atoms with Gasteiger partial charge in [-0.1, -0.05) is 38.5 Å². The summed E-state index contributed by atoms with van der Waals surface area (Å²) < 4.78 is 13.2. The van der Waals surface area contributed by atoms with Gasteiger partial charge in [-0.05, 0) is 79.6 Å². The normalized spacial score (nSPS) is 56.1. The van der Waals surface area contributed by atoms with Gasteiger partial charge in [-0.3, -0.25) is 0 Å². The third-order valence-electron chi connectivity index (χ3n) is 10.1. The smallest absolute Gasteiger partial charge is 0.171 e. The SMILES string of the molecule is CC1CCC2(OC1)OC1CC3C4CCC5CC(O)CCC5=C4C=CC3(C)C1C2C. The Bertz CT molecular complexity index is 745. The van der Waals surface area contributed by atoms with Gasteiger partial charge in [0.15, 0.2) is 5.79 Å². The molecule has 3 nitrogen and oxygen atoms in total. The minimum Gasteiger partial charge on any atom is -0.393 e. The van der Waals surface area contributed by atoms with E-state index in [1.54, 1.807) is 11.1 Å². The molecule has 160 valence electrons. The molecule has 1 spiro atoms. The first-order chi connectivity index (χ1) is 13.9. The van der Waals surface area contributed by atoms with Gasteiger partial charge in [0.1, 0.15) is 0 Å². The summed E-state index contributed by atoms with van der Waals surface area (Å²) >= 11 is 0. The largest absolute Gasteiger partial charge is 0.393 e. The van der Waals surface area contributed by atoms with Gasteiger partial charge in [0, 0.05) is 18.3 Å². The first kappa shape index (κ1) is 19.1. The van der Waals surface area contributed by atoms with Gasteiger partial charge in [-0.15, -0.1) is 0 Å². The predicted octanol–water partition coefficient (Wildman–Crippen LogP) is 5.24. The highest BCUT2D eigenvalue weighted by atomic mass is 16.7. The van der Waals surface area contributed by atoms with E-state index in [1.807, 2.05) is 0 Å². The molecule has 29 heavy (non-hydrogen) atoms. The maximum absolute atomic E-state index is 10.1. The number of allylic oxidation sites excluding steroid dienone is 4. The quantitative estimate of drug-likeness (QED) is 0.606. The van der Waals surface area contributed by atoms with Gasteiger partial charge in [0.2, 0.25) is 0 Å². The number of hydrogen-bond donors (Lipinski definition) is 1. The molecular formula is C26H38O3. The highest BCUT2D eigenvalue weighted by molar-refractivity contribution is 5.40. The van der Waals surface area contributed by atoms with E-state index >= 15 is 0 Å². The zero-order chi connectivity index (χ0) is 20.0. The van der Waals surface area contributed by atoms with E-state index in [2.05, 4.69) is 32.9 Å². The number of ether oxygens (including phenoxy) is 2. The van der Waals surface area contributed by atoms with Crippen LogP contribution < -0.4 is 0 Å². The summed E-state index contributed by atoms with van der Waals surface area (Å²) in [7, 11) is 0. The molecule has 0 bridgehead atoms. The summed E-state index contributed by atoms with van der Waals surface area (Å²) in [6, 6.07) is 0. The van der Waals surface area contributed by atoms with Crippen molar-refractivity contribution >= 4 is 0 Å². The van der Waals surface area contributed by atoms with Gasteiger partial charge in [-0.2, -0.15) is 0 Å². The van der Waals surface area contributed by atoms with E-state index in [9.17, 15) is 5.11 Å². The number of hydrogen-bond acceptors (Lipinski definition) is 3. The Morgan fingerprint density at radius 3 is 2.76 bits per heavy atom. The van der Waals surface area contributed by atoms with Gasteiger partial charge >= 0.3 is 0 Å². The first-order valence-corrected chi connectivity index (χ1v) is 12.3. The van der Waals surface area contributed by atoms with Crippen LogP contribution in [0, 0.1) is 40.9 Å². The van der Waals surface area contributed by atoms with E-state index in [4.69, 9.17) is 9.47 Å². The summed E-state index contributed by atoms with van der Waals surface area (Å²) in [5.74, 6) is 3.43. The van der Waals surface area contributed by atoms with Crippen molar-refractivity contribution in [3.63, 3.8) is 0 Å². The van der Waals surface area contributed by atoms with E-state index in [-0.39, 0.29) is 17.3 Å². The molecule has 2 saturated carbocycles. The van der Waals surface area contributed by atoms with Crippen molar-refractivity contribution in [3.8, 4) is 0 Å². The lowest BCUT2D eigenvalue weighted by molar-refractivity contribution is -0.271. The second-order valence-corrected chi connectivity index (χ2v) is 11.6. The lowest BCUT2D eigenvalue weighted by atomic mass is 9.56. The minimum absolute atomic E-state index is 0.0757. The molecule has 10 unspecified atom stereocenters. The summed E-state index contributed by atoms with van der Waals surface area (Å²) in [6.07, 6.45) is 14.5. The Balaban J connectivity index is 1.32. The summed E-state index contributed by atoms with van der Waals surface area (Å²) in [5, 5.41) is 10.1. The monoisotopic (exact) mass is 398 g/mol. The van der Waals surface area contributed by atoms with Crippen LogP contribution in [0.1, 0.15) is 72.1 Å². The Labute approximate surface area is 175 Å². The Kier molecular flexibility index (Phi) is 4.23. The average Bonchev–Trinajstić information content (AvgIpc) is 3.15. The fourth-order valence-corrected chi connectivity index (χ4v) is 8.57. The van der Waals surface area contributed by atoms with Crippen LogP contribution in [0.3, 0.4) is 0 Å². The van der Waals surface area contributed by atoms with Crippen molar-refractivity contribution in [1.82, 2.24) is 0 Å². The Morgan fingerprint density at radius 1 is 1.10 bits per heavy atom. The van der Waals surface area contributed by atoms with E-state index in [0.717, 1.165) is 32.3 Å². The van der Waals surface area contributed by atoms with Crippen LogP contribution in [0.2, 0.25) is 0 Å². The number of rotatable bonds is 0. The average molecular weight is 399 g/mol. The van der Waals surface area contributed by atoms with Crippen molar-refractivity contribution < 1.29 is 14.6 Å². The first-order valence-electron chi connectivity index (χ1n) is 12.3. The van der Waals surface area contributed by atoms with Crippen LogP contribution in [-0.4, -0.2) is 29.7 Å². The van der Waals surface area contributed by atoms with Gasteiger partial charge in [0.05, 0.1) is 18.8 Å². The molecule has 3 heteroatoms. The van der Waals surface area contributed by atoms with Crippen molar-refractivity contribution in [2.75, 3.05) is 6.61 Å². The fraction of sp³-hybridized carbons (Fsp3) is 0.846. The molecule has 0 aromatic heterocycles. The molecular weight excluding hydrogens is 360 g/mol. The van der Waals surface area contributed by atoms with E-state index in [0.29, 0.717) is 41.6 Å². The van der Waals surface area contributed by atoms with Crippen molar-refractivity contribution in [2.45, 2.75) is 90.1 Å². The zero-order valence-corrected chi connectivity index (χ0v) is 18.4. The summed E-state index contributed by atoms with van der Waals surface area (Å²) in [6.45, 7) is 8.09. The van der Waals surface area contributed by atoms with Crippen LogP contribution in [0.25, 0.3) is 0 Å². The molecule has 0 radical (unpaired) electrons. The zero-order valence-electron chi connectivity index (χ0n) is 18.4. The molecule has 6 aliphatic rings. The molecule has 0 amide bonds. The fourth-order valence-electron chi connectivity index (χ4n) is 8.57. The maximum atomic E-state index is 10.1. The standard InChI is InChI=1S/C26H38O3/c1-15-8-11-26(28-14-15)16(2)24-23(29-26)13-22-21-6-4-17-12-18(27)5-7-19(17)20(21)9-10-25(22,24)3/h9-10,15-18,21-24,27H,4-8,11-14H2,1-3H3. The number of aliphatic hydroxyl groups is 1. The molecule has 0 aromatic rings. The minimum atomic E-state index is -0.320. The Morgan fingerprint density at radius 2 is 1.97 bits per heavy atom. The lowest BCUT2D eigenvalue weighted by Crippen LogP contribution is -2.47. The summed E-state index contributed by atoms with van der Waals surface area (Å²) in [4.78, 5) is 0. The van der Waals surface area contributed by atoms with Gasteiger partial charge in [0.25, 0.3) is 0 Å². The number of aliphatic hydroxyl groups excluding tert-OH is 1. The lowest BCUT2D eigenvalue weighted by Gasteiger charge is -2.49. The van der Waals surface area contributed by atoms with Crippen LogP contribution in [0.5, 0.6) is 0 Å². The molecule has 0 aromatic carbocycles. The molecule has 1 N–H and O–H groups in total. The van der Waals surface area contributed by atoms with E-state index in [1.165, 1.54) is 25.7 Å². The van der Waals surface area contributed by atoms with Crippen LogP contribution in [0.15, 0.2) is 23.3 Å². The second kappa shape index (κ2) is 6.43. The van der Waals surface area contributed by atoms with Crippen LogP contribution in [0.4, 0.5) is 0 Å². The van der Waals surface area contributed by atoms with Crippen LogP contribution in [-0.2, 0) is 9.47 Å². The topological polar surface area (TPSA) is 38.7 Å². The van der Waals surface area contributed by atoms with Gasteiger partial charge in [-0.25, -0.2) is 0 Å². The summed E-state index contributed by atoms with van der Waals surface area (Å²) in [5.41, 5.74) is 3.58. The van der Waals surface area contributed by atoms with Crippen molar-refractivity contribution in [2.24, 2.45) is 40.9 Å². The molecule has 4 fully saturated rings. The maximum Gasteiger partial charge on any atom is 0.171 e. The molecule has 10 atom stereocenters. The van der Waals surface area contributed by atoms with E-state index < -0.39 is 0 Å². The molecule has 2 aliphatic heterocycles. The molecule has 2 heterocycles. The van der Waals surface area contributed by atoms with Crippen molar-refractivity contribution in [1.29, 1.82) is 0 Å². The Hall–Kier alpha value is -0.640. The molecule has 4 aliphatic carbocycles. The molecule has 6 rings (SSSR count). The highest BCUT2D eigenvalue weighted by Crippen LogP contribution is 2.66. The van der Waals surface area contributed by atoms with Crippen LogP contribution >= 0.6 is 0 Å². The highest BCUT2D eigenvalue weighted by Gasteiger charge is 2.66.